The van der Waals surface area contributed by atoms with Crippen molar-refractivity contribution in [1.29, 1.82) is 0 Å². The van der Waals surface area contributed by atoms with Crippen molar-refractivity contribution in [2.24, 2.45) is 0 Å². The molecule has 2 heteroatoms. The molecule has 0 aliphatic carbocycles. The van der Waals surface area contributed by atoms with Crippen molar-refractivity contribution in [3.05, 3.63) is 164 Å². The summed E-state index contributed by atoms with van der Waals surface area (Å²) >= 11 is 1.82. The van der Waals surface area contributed by atoms with Gasteiger partial charge in [-0.25, -0.2) is 0 Å². The standard InChI is InChI=1S/C40H27NS/c1-3-11-28(12-4-1)29-21-24-32(25-22-29)41(31-13-5-2-6-14-31)38-19-10-17-34-33(16-9-18-35(34)38)30-23-26-40-37(27-30)36-15-7-8-20-39(36)42-40/h1-27H/i1D,3D,4D,11D,12D. The van der Waals surface area contributed by atoms with Crippen molar-refractivity contribution in [3.8, 4) is 22.3 Å². The number of benzene rings is 7. The highest BCUT2D eigenvalue weighted by Gasteiger charge is 2.17. The molecule has 0 saturated carbocycles. The minimum atomic E-state index is -0.394. The summed E-state index contributed by atoms with van der Waals surface area (Å²) in [6.07, 6.45) is 0. The molecule has 0 N–H and O–H groups in total. The van der Waals surface area contributed by atoms with Gasteiger partial charge in [0.05, 0.1) is 12.5 Å². The van der Waals surface area contributed by atoms with E-state index in [1.54, 1.807) is 0 Å². The lowest BCUT2D eigenvalue weighted by Crippen LogP contribution is -2.10. The molecule has 0 bridgehead atoms. The van der Waals surface area contributed by atoms with Crippen LogP contribution in [0, 0.1) is 0 Å². The van der Waals surface area contributed by atoms with E-state index in [-0.39, 0.29) is 29.7 Å². The smallest absolute Gasteiger partial charge is 0.0629 e. The molecule has 7 aromatic carbocycles. The van der Waals surface area contributed by atoms with Crippen molar-refractivity contribution in [2.75, 3.05) is 4.90 Å². The maximum absolute atomic E-state index is 8.45. The third kappa shape index (κ3) is 4.25. The molecule has 0 unspecified atom stereocenters. The predicted molar refractivity (Wildman–Crippen MR) is 182 cm³/mol. The van der Waals surface area contributed by atoms with Gasteiger partial charge >= 0.3 is 0 Å². The summed E-state index contributed by atoms with van der Waals surface area (Å²) in [5.41, 5.74) is 5.95. The molecule has 42 heavy (non-hydrogen) atoms. The fraction of sp³-hybridized carbons (Fsp3) is 0. The largest absolute Gasteiger partial charge is 0.310 e. The maximum Gasteiger partial charge on any atom is 0.0629 e. The molecule has 0 fully saturated rings. The predicted octanol–water partition coefficient (Wildman–Crippen LogP) is 12.0. The number of hydrogen-bond donors (Lipinski definition) is 0. The van der Waals surface area contributed by atoms with E-state index < -0.39 is 6.04 Å². The van der Waals surface area contributed by atoms with E-state index >= 15 is 0 Å². The highest BCUT2D eigenvalue weighted by atomic mass is 32.1. The molecule has 0 spiro atoms. The van der Waals surface area contributed by atoms with Crippen LogP contribution in [0.5, 0.6) is 0 Å². The molecule has 0 atom stereocenters. The van der Waals surface area contributed by atoms with Crippen LogP contribution in [0.25, 0.3) is 53.2 Å². The molecule has 8 rings (SSSR count). The number of rotatable bonds is 5. The first-order valence-corrected chi connectivity index (χ1v) is 14.7. The van der Waals surface area contributed by atoms with Gasteiger partial charge in [0.15, 0.2) is 0 Å². The Kier molecular flexibility index (Phi) is 4.88. The summed E-state index contributed by atoms with van der Waals surface area (Å²) in [5.74, 6) is 0. The van der Waals surface area contributed by atoms with Gasteiger partial charge in [0.25, 0.3) is 0 Å². The van der Waals surface area contributed by atoms with Crippen molar-refractivity contribution >= 4 is 59.3 Å². The lowest BCUT2D eigenvalue weighted by Gasteiger charge is -2.27. The van der Waals surface area contributed by atoms with Gasteiger partial charge in [0.2, 0.25) is 0 Å². The molecule has 1 nitrogen and oxygen atoms in total. The van der Waals surface area contributed by atoms with Crippen LogP contribution < -0.4 is 4.90 Å². The fourth-order valence-electron chi connectivity index (χ4n) is 5.81. The van der Waals surface area contributed by atoms with Crippen LogP contribution in [0.4, 0.5) is 17.1 Å². The van der Waals surface area contributed by atoms with E-state index in [9.17, 15) is 0 Å². The van der Waals surface area contributed by atoms with Crippen LogP contribution in [-0.2, 0) is 0 Å². The van der Waals surface area contributed by atoms with E-state index in [0.717, 1.165) is 39.0 Å². The summed E-state index contributed by atoms with van der Waals surface area (Å²) in [5, 5.41) is 4.78. The third-order valence-electron chi connectivity index (χ3n) is 7.76. The highest BCUT2D eigenvalue weighted by molar-refractivity contribution is 7.25. The molecule has 0 aliphatic rings. The number of thiophene rings is 1. The van der Waals surface area contributed by atoms with Gasteiger partial charge in [-0.3, -0.25) is 0 Å². The number of nitrogens with zero attached hydrogens (tertiary/aromatic N) is 1. The Labute approximate surface area is 256 Å². The van der Waals surface area contributed by atoms with Crippen LogP contribution in [0.2, 0.25) is 0 Å². The molecule has 1 heterocycles. The molecule has 1 aromatic heterocycles. The highest BCUT2D eigenvalue weighted by Crippen LogP contribution is 2.43. The van der Waals surface area contributed by atoms with Gasteiger partial charge in [-0.2, -0.15) is 0 Å². The topological polar surface area (TPSA) is 3.24 Å². The molecule has 0 amide bonds. The molecule has 198 valence electrons. The number of hydrogen-bond acceptors (Lipinski definition) is 2. The summed E-state index contributed by atoms with van der Waals surface area (Å²) in [7, 11) is 0. The van der Waals surface area contributed by atoms with Gasteiger partial charge in [-0.05, 0) is 76.2 Å². The number of fused-ring (bicyclic) bond motifs is 4. The van der Waals surface area contributed by atoms with Crippen molar-refractivity contribution < 1.29 is 6.85 Å². The van der Waals surface area contributed by atoms with Gasteiger partial charge in [-0.15, -0.1) is 11.3 Å². The van der Waals surface area contributed by atoms with Crippen molar-refractivity contribution in [2.45, 2.75) is 0 Å². The normalized spacial score (nSPS) is 13.0. The van der Waals surface area contributed by atoms with Crippen molar-refractivity contribution in [3.63, 3.8) is 0 Å². The fourth-order valence-corrected chi connectivity index (χ4v) is 6.90. The average Bonchev–Trinajstić information content (AvgIpc) is 3.49. The molecule has 0 saturated heterocycles. The second kappa shape index (κ2) is 10.3. The van der Waals surface area contributed by atoms with E-state index in [1.807, 2.05) is 53.8 Å². The van der Waals surface area contributed by atoms with Crippen LogP contribution in [0.1, 0.15) is 6.85 Å². The first-order chi connectivity index (χ1) is 22.9. The van der Waals surface area contributed by atoms with Crippen LogP contribution in [-0.4, -0.2) is 0 Å². The third-order valence-corrected chi connectivity index (χ3v) is 8.91. The second-order valence-corrected chi connectivity index (χ2v) is 11.3. The van der Waals surface area contributed by atoms with Gasteiger partial charge in [0.1, 0.15) is 0 Å². The number of anilines is 3. The monoisotopic (exact) mass is 558 g/mol. The zero-order chi connectivity index (χ0) is 32.2. The van der Waals surface area contributed by atoms with E-state index in [1.165, 1.54) is 20.2 Å². The SMILES string of the molecule is [2H]c1c([2H])c([2H])c(-c2ccc(N(c3ccccc3)c3cccc4c(-c5ccc6sc7ccccc7c6c5)cccc34)cc2)c([2H])c1[2H]. The Morgan fingerprint density at radius 1 is 0.452 bits per heavy atom. The van der Waals surface area contributed by atoms with Gasteiger partial charge in [-0.1, -0.05) is 115 Å². The molecular formula is C40H27NS. The Balaban J connectivity index is 1.28. The quantitative estimate of drug-likeness (QED) is 0.203. The Morgan fingerprint density at radius 2 is 1.12 bits per heavy atom. The lowest BCUT2D eigenvalue weighted by molar-refractivity contribution is 1.30. The van der Waals surface area contributed by atoms with Crippen molar-refractivity contribution in [1.82, 2.24) is 0 Å². The van der Waals surface area contributed by atoms with Crippen LogP contribution >= 0.6 is 11.3 Å². The van der Waals surface area contributed by atoms with E-state index in [4.69, 9.17) is 6.85 Å². The van der Waals surface area contributed by atoms with E-state index in [2.05, 4.69) is 95.9 Å². The van der Waals surface area contributed by atoms with Crippen LogP contribution in [0.3, 0.4) is 0 Å². The van der Waals surface area contributed by atoms with E-state index in [0.29, 0.717) is 5.56 Å². The summed E-state index contributed by atoms with van der Waals surface area (Å²) < 4.78 is 43.7. The number of para-hydroxylation sites is 1. The first kappa shape index (κ1) is 19.8. The summed E-state index contributed by atoms with van der Waals surface area (Å²) in [4.78, 5) is 2.20. The molecule has 8 aromatic rings. The molecule has 0 aliphatic heterocycles. The van der Waals surface area contributed by atoms with Gasteiger partial charge in [0, 0.05) is 36.9 Å². The lowest BCUT2D eigenvalue weighted by atomic mass is 9.95. The van der Waals surface area contributed by atoms with Gasteiger partial charge < -0.3 is 4.90 Å². The second-order valence-electron chi connectivity index (χ2n) is 10.2. The zero-order valence-corrected chi connectivity index (χ0v) is 23.4. The zero-order valence-electron chi connectivity index (χ0n) is 27.6. The molecule has 0 radical (unpaired) electrons. The Bertz CT molecular complexity index is 2440. The minimum Gasteiger partial charge on any atom is -0.310 e. The minimum absolute atomic E-state index is 0.194. The Hall–Kier alpha value is -5.18. The first-order valence-electron chi connectivity index (χ1n) is 16.4. The van der Waals surface area contributed by atoms with Crippen LogP contribution in [0.15, 0.2) is 164 Å². The Morgan fingerprint density at radius 3 is 1.98 bits per heavy atom. The maximum atomic E-state index is 8.45. The summed E-state index contributed by atoms with van der Waals surface area (Å²) in [6, 6.07) is 44.4. The average molecular weight is 559 g/mol. The summed E-state index contributed by atoms with van der Waals surface area (Å²) in [6.45, 7) is 0. The molecular weight excluding hydrogens is 527 g/mol.